The SMILES string of the molecule is CC(=O)c1ccc(-n2c(=O)n(-c3ccccc3)c3nc4cc(C)ccc4nc32)cc1. The number of ketones is 1. The Morgan fingerprint density at radius 3 is 2.00 bits per heavy atom. The highest BCUT2D eigenvalue weighted by Gasteiger charge is 2.19. The quantitative estimate of drug-likeness (QED) is 0.429. The summed E-state index contributed by atoms with van der Waals surface area (Å²) in [5.74, 6) is -0.0261. The zero-order chi connectivity index (χ0) is 20.8. The standard InChI is InChI=1S/C24H18N4O2/c1-15-8-13-20-21(14-15)26-23-22(25-20)28(19-11-9-17(10-12-19)16(2)29)24(30)27(23)18-6-4-3-5-7-18/h3-14H,1-2H3. The lowest BCUT2D eigenvalue weighted by molar-refractivity contribution is 0.101. The summed E-state index contributed by atoms with van der Waals surface area (Å²) in [4.78, 5) is 34.7. The summed E-state index contributed by atoms with van der Waals surface area (Å²) < 4.78 is 3.11. The molecule has 30 heavy (non-hydrogen) atoms. The topological polar surface area (TPSA) is 69.8 Å². The summed E-state index contributed by atoms with van der Waals surface area (Å²) in [5.41, 5.74) is 5.14. The third kappa shape index (κ3) is 2.81. The Hall–Kier alpha value is -4.06. The number of nitrogens with zero attached hydrogens (tertiary/aromatic N) is 4. The van der Waals surface area contributed by atoms with E-state index < -0.39 is 0 Å². The molecule has 2 aromatic heterocycles. The molecule has 0 N–H and O–H groups in total. The fourth-order valence-electron chi connectivity index (χ4n) is 3.61. The van der Waals surface area contributed by atoms with Gasteiger partial charge in [0, 0.05) is 5.56 Å². The number of rotatable bonds is 3. The number of imidazole rings is 1. The molecule has 0 saturated heterocycles. The van der Waals surface area contributed by atoms with Crippen molar-refractivity contribution in [1.82, 2.24) is 19.1 Å². The molecule has 0 radical (unpaired) electrons. The van der Waals surface area contributed by atoms with Gasteiger partial charge in [-0.2, -0.15) is 0 Å². The highest BCUT2D eigenvalue weighted by Crippen LogP contribution is 2.22. The largest absolute Gasteiger partial charge is 0.340 e. The van der Waals surface area contributed by atoms with E-state index in [9.17, 15) is 9.59 Å². The number of carbonyl (C=O) groups excluding carboxylic acids is 1. The van der Waals surface area contributed by atoms with E-state index in [1.54, 1.807) is 33.4 Å². The number of Topliss-reactive ketones (excluding diaryl/α,β-unsaturated/α-hetero) is 1. The summed E-state index contributed by atoms with van der Waals surface area (Å²) in [5, 5.41) is 0. The van der Waals surface area contributed by atoms with Crippen molar-refractivity contribution in [3.8, 4) is 11.4 Å². The van der Waals surface area contributed by atoms with Crippen molar-refractivity contribution in [1.29, 1.82) is 0 Å². The zero-order valence-electron chi connectivity index (χ0n) is 16.5. The molecule has 6 heteroatoms. The van der Waals surface area contributed by atoms with Crippen LogP contribution in [0, 0.1) is 6.92 Å². The van der Waals surface area contributed by atoms with E-state index in [1.807, 2.05) is 55.5 Å². The van der Waals surface area contributed by atoms with Crippen LogP contribution in [-0.4, -0.2) is 24.9 Å². The van der Waals surface area contributed by atoms with Gasteiger partial charge in [0.2, 0.25) is 0 Å². The Balaban J connectivity index is 1.88. The van der Waals surface area contributed by atoms with Gasteiger partial charge in [-0.1, -0.05) is 24.3 Å². The minimum Gasteiger partial charge on any atom is -0.295 e. The lowest BCUT2D eigenvalue weighted by Crippen LogP contribution is -2.22. The van der Waals surface area contributed by atoms with Crippen LogP contribution in [0.4, 0.5) is 0 Å². The fourth-order valence-corrected chi connectivity index (χ4v) is 3.61. The summed E-state index contributed by atoms with van der Waals surface area (Å²) in [6.45, 7) is 3.51. The van der Waals surface area contributed by atoms with Crippen LogP contribution in [0.2, 0.25) is 0 Å². The number of aryl methyl sites for hydroxylation is 1. The first-order chi connectivity index (χ1) is 14.5. The van der Waals surface area contributed by atoms with Crippen molar-refractivity contribution < 1.29 is 4.79 Å². The van der Waals surface area contributed by atoms with Crippen LogP contribution in [-0.2, 0) is 0 Å². The van der Waals surface area contributed by atoms with Crippen molar-refractivity contribution in [3.05, 3.63) is 94.4 Å². The van der Waals surface area contributed by atoms with Gasteiger partial charge in [0.25, 0.3) is 0 Å². The second-order valence-corrected chi connectivity index (χ2v) is 7.25. The summed E-state index contributed by atoms with van der Waals surface area (Å²) in [7, 11) is 0. The first-order valence-corrected chi connectivity index (χ1v) is 9.61. The van der Waals surface area contributed by atoms with Crippen LogP contribution in [0.15, 0.2) is 77.6 Å². The first-order valence-electron chi connectivity index (χ1n) is 9.61. The average Bonchev–Trinajstić information content (AvgIpc) is 3.03. The van der Waals surface area contributed by atoms with Crippen LogP contribution < -0.4 is 5.69 Å². The van der Waals surface area contributed by atoms with E-state index in [4.69, 9.17) is 9.97 Å². The van der Waals surface area contributed by atoms with Gasteiger partial charge >= 0.3 is 5.69 Å². The molecule has 6 nitrogen and oxygen atoms in total. The molecule has 0 atom stereocenters. The van der Waals surface area contributed by atoms with E-state index in [0.29, 0.717) is 33.7 Å². The maximum absolute atomic E-state index is 13.5. The van der Waals surface area contributed by atoms with E-state index in [-0.39, 0.29) is 11.5 Å². The minimum absolute atomic E-state index is 0.0261. The van der Waals surface area contributed by atoms with Crippen molar-refractivity contribution in [3.63, 3.8) is 0 Å². The van der Waals surface area contributed by atoms with Gasteiger partial charge in [0.1, 0.15) is 0 Å². The van der Waals surface area contributed by atoms with E-state index >= 15 is 0 Å². The molecule has 2 heterocycles. The predicted octanol–water partition coefficient (Wildman–Crippen LogP) is 4.24. The van der Waals surface area contributed by atoms with Gasteiger partial charge in [-0.15, -0.1) is 0 Å². The molecule has 0 aliphatic rings. The molecule has 0 bridgehead atoms. The van der Waals surface area contributed by atoms with Crippen molar-refractivity contribution in [2.45, 2.75) is 13.8 Å². The molecule has 5 rings (SSSR count). The van der Waals surface area contributed by atoms with Crippen LogP contribution in [0.1, 0.15) is 22.8 Å². The Kier molecular flexibility index (Phi) is 4.06. The molecule has 0 amide bonds. The first kappa shape index (κ1) is 18.0. The maximum Gasteiger partial charge on any atom is 0.340 e. The summed E-state index contributed by atoms with van der Waals surface area (Å²) in [6.07, 6.45) is 0. The molecule has 0 saturated carbocycles. The number of hydrogen-bond donors (Lipinski definition) is 0. The van der Waals surface area contributed by atoms with E-state index in [0.717, 1.165) is 11.1 Å². The smallest absolute Gasteiger partial charge is 0.295 e. The Morgan fingerprint density at radius 2 is 1.37 bits per heavy atom. The van der Waals surface area contributed by atoms with Crippen molar-refractivity contribution in [2.75, 3.05) is 0 Å². The average molecular weight is 394 g/mol. The molecule has 0 spiro atoms. The van der Waals surface area contributed by atoms with E-state index in [2.05, 4.69) is 0 Å². The van der Waals surface area contributed by atoms with Gasteiger partial charge in [0.05, 0.1) is 22.4 Å². The number of benzene rings is 3. The molecule has 146 valence electrons. The summed E-state index contributed by atoms with van der Waals surface area (Å²) in [6, 6.07) is 22.2. The normalized spacial score (nSPS) is 11.3. The van der Waals surface area contributed by atoms with Crippen molar-refractivity contribution >= 4 is 28.1 Å². The summed E-state index contributed by atoms with van der Waals surface area (Å²) >= 11 is 0. The third-order valence-electron chi connectivity index (χ3n) is 5.14. The molecular formula is C24H18N4O2. The molecule has 0 fully saturated rings. The zero-order valence-corrected chi connectivity index (χ0v) is 16.5. The molecule has 0 unspecified atom stereocenters. The van der Waals surface area contributed by atoms with E-state index in [1.165, 1.54) is 6.92 Å². The van der Waals surface area contributed by atoms with Gasteiger partial charge < -0.3 is 0 Å². The highest BCUT2D eigenvalue weighted by atomic mass is 16.2. The fraction of sp³-hybridized carbons (Fsp3) is 0.0833. The van der Waals surface area contributed by atoms with Crippen LogP contribution in [0.5, 0.6) is 0 Å². The third-order valence-corrected chi connectivity index (χ3v) is 5.14. The van der Waals surface area contributed by atoms with Gasteiger partial charge in [-0.05, 0) is 67.9 Å². The number of aromatic nitrogens is 4. The van der Waals surface area contributed by atoms with Crippen molar-refractivity contribution in [2.24, 2.45) is 0 Å². The monoisotopic (exact) mass is 394 g/mol. The minimum atomic E-state index is -0.265. The van der Waals surface area contributed by atoms with Crippen LogP contribution in [0.25, 0.3) is 33.7 Å². The van der Waals surface area contributed by atoms with Gasteiger partial charge in [-0.25, -0.2) is 23.9 Å². The lowest BCUT2D eigenvalue weighted by Gasteiger charge is -2.04. The number of para-hydroxylation sites is 1. The Labute approximate surface area is 172 Å². The van der Waals surface area contributed by atoms with Gasteiger partial charge in [-0.3, -0.25) is 4.79 Å². The highest BCUT2D eigenvalue weighted by molar-refractivity contribution is 5.94. The molecule has 0 aliphatic carbocycles. The Bertz CT molecular complexity index is 1480. The number of hydrogen-bond acceptors (Lipinski definition) is 4. The number of fused-ring (bicyclic) bond motifs is 2. The maximum atomic E-state index is 13.5. The van der Waals surface area contributed by atoms with Crippen LogP contribution in [0.3, 0.4) is 0 Å². The number of carbonyl (C=O) groups is 1. The Morgan fingerprint density at radius 1 is 0.767 bits per heavy atom. The molecular weight excluding hydrogens is 376 g/mol. The second-order valence-electron chi connectivity index (χ2n) is 7.25. The second kappa shape index (κ2) is 6.77. The van der Waals surface area contributed by atoms with Gasteiger partial charge in [0.15, 0.2) is 17.1 Å². The molecule has 0 aliphatic heterocycles. The molecule has 3 aromatic carbocycles. The predicted molar refractivity (Wildman–Crippen MR) is 117 cm³/mol. The molecule has 5 aromatic rings. The van der Waals surface area contributed by atoms with Crippen LogP contribution >= 0.6 is 0 Å². The lowest BCUT2D eigenvalue weighted by atomic mass is 10.1.